The van der Waals surface area contributed by atoms with Crippen LogP contribution in [0.15, 0.2) is 24.4 Å². The molecular formula is C13H14Cl2N4O2. The van der Waals surface area contributed by atoms with Crippen LogP contribution in [0.4, 0.5) is 0 Å². The van der Waals surface area contributed by atoms with Crippen molar-refractivity contribution in [2.75, 3.05) is 13.6 Å². The Hall–Kier alpha value is -1.79. The molecule has 0 bridgehead atoms. The smallest absolute Gasteiger partial charge is 0.275 e. The fourth-order valence-corrected chi connectivity index (χ4v) is 2.08. The monoisotopic (exact) mass is 328 g/mol. The van der Waals surface area contributed by atoms with Crippen molar-refractivity contribution in [3.05, 3.63) is 40.1 Å². The van der Waals surface area contributed by atoms with Gasteiger partial charge in [0.1, 0.15) is 11.9 Å². The van der Waals surface area contributed by atoms with Crippen LogP contribution < -0.4 is 4.74 Å². The number of amides is 1. The third-order valence-electron chi connectivity index (χ3n) is 2.74. The van der Waals surface area contributed by atoms with Gasteiger partial charge in [0.05, 0.1) is 22.8 Å². The predicted molar refractivity (Wildman–Crippen MR) is 79.9 cm³/mol. The Kier molecular flexibility index (Phi) is 5.03. The number of carbonyl (C=O) groups excluding carboxylic acids is 1. The van der Waals surface area contributed by atoms with Crippen LogP contribution in [0.2, 0.25) is 10.0 Å². The number of nitrogens with zero attached hydrogens (tertiary/aromatic N) is 3. The molecule has 0 aliphatic carbocycles. The van der Waals surface area contributed by atoms with Gasteiger partial charge in [-0.25, -0.2) is 0 Å². The van der Waals surface area contributed by atoms with Gasteiger partial charge in [0, 0.05) is 13.1 Å². The van der Waals surface area contributed by atoms with E-state index in [-0.39, 0.29) is 17.7 Å². The van der Waals surface area contributed by atoms with Gasteiger partial charge in [-0.1, -0.05) is 23.2 Å². The first-order valence-corrected chi connectivity index (χ1v) is 6.96. The van der Waals surface area contributed by atoms with E-state index >= 15 is 0 Å². The van der Waals surface area contributed by atoms with Crippen LogP contribution >= 0.6 is 23.2 Å². The van der Waals surface area contributed by atoms with Crippen molar-refractivity contribution in [1.82, 2.24) is 20.3 Å². The van der Waals surface area contributed by atoms with E-state index in [0.717, 1.165) is 0 Å². The number of aromatic nitrogens is 3. The van der Waals surface area contributed by atoms with E-state index in [4.69, 9.17) is 27.9 Å². The topological polar surface area (TPSA) is 71.1 Å². The van der Waals surface area contributed by atoms with Crippen molar-refractivity contribution in [1.29, 1.82) is 0 Å². The molecule has 0 aliphatic rings. The zero-order valence-electron chi connectivity index (χ0n) is 11.5. The number of H-pyrrole nitrogens is 1. The van der Waals surface area contributed by atoms with Crippen LogP contribution in [0.1, 0.15) is 17.4 Å². The van der Waals surface area contributed by atoms with Crippen LogP contribution in [0.5, 0.6) is 5.75 Å². The Labute approximate surface area is 132 Å². The summed E-state index contributed by atoms with van der Waals surface area (Å²) < 4.78 is 5.71. The highest BCUT2D eigenvalue weighted by atomic mass is 35.5. The molecule has 1 N–H and O–H groups in total. The van der Waals surface area contributed by atoms with E-state index in [1.54, 1.807) is 25.2 Å². The molecule has 0 spiro atoms. The third-order valence-corrected chi connectivity index (χ3v) is 3.48. The number of rotatable bonds is 5. The minimum atomic E-state index is -0.228. The maximum absolute atomic E-state index is 12.0. The predicted octanol–water partition coefficient (Wildman–Crippen LogP) is 2.65. The molecule has 0 fully saturated rings. The average Bonchev–Trinajstić information content (AvgIpc) is 2.96. The van der Waals surface area contributed by atoms with Gasteiger partial charge in [-0.2, -0.15) is 15.4 Å². The number of likely N-dealkylation sites (N-methyl/N-ethyl adjacent to an activating group) is 1. The maximum Gasteiger partial charge on any atom is 0.275 e. The van der Waals surface area contributed by atoms with Gasteiger partial charge in [-0.3, -0.25) is 4.79 Å². The van der Waals surface area contributed by atoms with Gasteiger partial charge in [0.15, 0.2) is 5.69 Å². The van der Waals surface area contributed by atoms with E-state index in [1.165, 1.54) is 11.1 Å². The van der Waals surface area contributed by atoms with Crippen molar-refractivity contribution in [2.45, 2.75) is 13.0 Å². The highest BCUT2D eigenvalue weighted by molar-refractivity contribution is 6.42. The largest absolute Gasteiger partial charge is 0.489 e. The molecular weight excluding hydrogens is 315 g/mol. The van der Waals surface area contributed by atoms with Crippen LogP contribution in [0.3, 0.4) is 0 Å². The van der Waals surface area contributed by atoms with Crippen LogP contribution in [-0.4, -0.2) is 45.9 Å². The molecule has 0 aliphatic heterocycles. The van der Waals surface area contributed by atoms with Crippen molar-refractivity contribution in [3.8, 4) is 5.75 Å². The van der Waals surface area contributed by atoms with E-state index in [1.807, 2.05) is 6.92 Å². The van der Waals surface area contributed by atoms with Crippen molar-refractivity contribution in [3.63, 3.8) is 0 Å². The number of benzene rings is 1. The van der Waals surface area contributed by atoms with E-state index in [9.17, 15) is 4.79 Å². The summed E-state index contributed by atoms with van der Waals surface area (Å²) in [5.41, 5.74) is 0.263. The molecule has 0 radical (unpaired) electrons. The lowest BCUT2D eigenvalue weighted by atomic mass is 10.3. The Morgan fingerprint density at radius 3 is 2.81 bits per heavy atom. The molecule has 1 aromatic heterocycles. The second-order valence-corrected chi connectivity index (χ2v) is 5.36. The van der Waals surface area contributed by atoms with Gasteiger partial charge in [-0.15, -0.1) is 0 Å². The quantitative estimate of drug-likeness (QED) is 0.915. The third kappa shape index (κ3) is 4.09. The Morgan fingerprint density at radius 1 is 1.43 bits per heavy atom. The zero-order valence-corrected chi connectivity index (χ0v) is 13.0. The van der Waals surface area contributed by atoms with Gasteiger partial charge in [-0.05, 0) is 19.1 Å². The molecule has 2 rings (SSSR count). The summed E-state index contributed by atoms with van der Waals surface area (Å²) in [6.07, 6.45) is 1.16. The van der Waals surface area contributed by atoms with Gasteiger partial charge >= 0.3 is 0 Å². The molecule has 0 unspecified atom stereocenters. The minimum absolute atomic E-state index is 0.219. The van der Waals surface area contributed by atoms with Crippen LogP contribution in [0.25, 0.3) is 0 Å². The lowest BCUT2D eigenvalue weighted by molar-refractivity contribution is 0.0721. The van der Waals surface area contributed by atoms with Crippen molar-refractivity contribution in [2.24, 2.45) is 0 Å². The summed E-state index contributed by atoms with van der Waals surface area (Å²) in [6.45, 7) is 2.25. The molecule has 1 atom stereocenters. The van der Waals surface area contributed by atoms with Crippen LogP contribution in [-0.2, 0) is 0 Å². The van der Waals surface area contributed by atoms with E-state index in [2.05, 4.69) is 15.4 Å². The molecule has 1 aromatic carbocycles. The number of hydrogen-bond acceptors (Lipinski definition) is 4. The molecule has 0 saturated heterocycles. The van der Waals surface area contributed by atoms with E-state index in [0.29, 0.717) is 22.3 Å². The van der Waals surface area contributed by atoms with Gasteiger partial charge < -0.3 is 9.64 Å². The highest BCUT2D eigenvalue weighted by Crippen LogP contribution is 2.26. The molecule has 21 heavy (non-hydrogen) atoms. The first kappa shape index (κ1) is 15.6. The first-order chi connectivity index (χ1) is 9.97. The highest BCUT2D eigenvalue weighted by Gasteiger charge is 2.17. The average molecular weight is 329 g/mol. The summed E-state index contributed by atoms with van der Waals surface area (Å²) in [7, 11) is 1.67. The number of carbonyl (C=O) groups is 1. The summed E-state index contributed by atoms with van der Waals surface area (Å²) in [6, 6.07) is 5.03. The molecule has 6 nitrogen and oxygen atoms in total. The summed E-state index contributed by atoms with van der Waals surface area (Å²) >= 11 is 11.8. The maximum atomic E-state index is 12.0. The molecule has 0 saturated carbocycles. The van der Waals surface area contributed by atoms with Gasteiger partial charge in [0.2, 0.25) is 0 Å². The standard InChI is InChI=1S/C13H14Cl2N4O2/c1-8(21-9-3-4-10(14)11(15)5-9)7-19(2)13(20)12-6-16-18-17-12/h3-6,8H,7H2,1-2H3,(H,16,17,18)/t8-/m0/s1. The lowest BCUT2D eigenvalue weighted by Gasteiger charge is -2.21. The number of nitrogens with one attached hydrogen (secondary N) is 1. The number of halogens is 2. The lowest BCUT2D eigenvalue weighted by Crippen LogP contribution is -2.35. The van der Waals surface area contributed by atoms with E-state index < -0.39 is 0 Å². The second-order valence-electron chi connectivity index (χ2n) is 4.55. The number of hydrogen-bond donors (Lipinski definition) is 1. The second kappa shape index (κ2) is 6.78. The summed E-state index contributed by atoms with van der Waals surface area (Å²) in [5.74, 6) is 0.368. The molecule has 2 aromatic rings. The SMILES string of the molecule is C[C@@H](CN(C)C(=O)c1cn[nH]n1)Oc1ccc(Cl)c(Cl)c1. The summed E-state index contributed by atoms with van der Waals surface area (Å²) in [5, 5.41) is 10.7. The van der Waals surface area contributed by atoms with Crippen molar-refractivity contribution >= 4 is 29.1 Å². The summed E-state index contributed by atoms with van der Waals surface area (Å²) in [4.78, 5) is 13.5. The normalized spacial score (nSPS) is 12.0. The number of aromatic amines is 1. The van der Waals surface area contributed by atoms with Crippen molar-refractivity contribution < 1.29 is 9.53 Å². The fourth-order valence-electron chi connectivity index (χ4n) is 1.79. The Morgan fingerprint density at radius 2 is 2.19 bits per heavy atom. The Balaban J connectivity index is 1.93. The fraction of sp³-hybridized carbons (Fsp3) is 0.308. The zero-order chi connectivity index (χ0) is 15.4. The molecule has 1 heterocycles. The minimum Gasteiger partial charge on any atom is -0.489 e. The molecule has 8 heteroatoms. The molecule has 112 valence electrons. The number of ether oxygens (including phenoxy) is 1. The van der Waals surface area contributed by atoms with Gasteiger partial charge in [0.25, 0.3) is 5.91 Å². The molecule has 1 amide bonds. The Bertz CT molecular complexity index is 619. The van der Waals surface area contributed by atoms with Crippen LogP contribution in [0, 0.1) is 0 Å². The first-order valence-electron chi connectivity index (χ1n) is 6.20.